The number of dihydropyridines is 1. The molecule has 62 heavy (non-hydrogen) atoms. The molecule has 1 aliphatic heterocycles. The van der Waals surface area contributed by atoms with Gasteiger partial charge in [-0.05, 0) is 133 Å². The number of hydrogen-bond donors (Lipinski definition) is 1. The average Bonchev–Trinajstić information content (AvgIpc) is 3.35. The average molecular weight is 801 g/mol. The van der Waals surface area contributed by atoms with Crippen LogP contribution in [-0.4, -0.2) is 34.9 Å². The summed E-state index contributed by atoms with van der Waals surface area (Å²) < 4.78 is 0. The van der Waals surface area contributed by atoms with Gasteiger partial charge in [-0.2, -0.15) is 0 Å². The van der Waals surface area contributed by atoms with Gasteiger partial charge in [-0.1, -0.05) is 90.0 Å². The molecule has 1 unspecified atom stereocenters. The van der Waals surface area contributed by atoms with Gasteiger partial charge in [0.25, 0.3) is 0 Å². The highest BCUT2D eigenvalue weighted by Crippen LogP contribution is 2.37. The predicted octanol–water partition coefficient (Wildman–Crippen LogP) is 12.1. The van der Waals surface area contributed by atoms with Crippen molar-refractivity contribution >= 4 is 0 Å². The van der Waals surface area contributed by atoms with E-state index in [1.54, 1.807) is 18.6 Å². The molecule has 1 N–H and O–H groups in total. The summed E-state index contributed by atoms with van der Waals surface area (Å²) in [7, 11) is 0. The standard InChI is InChI=1S/C54H40N8/c1-35-15-19-37(20-16-35)39-27-40(38-21-17-36(2)18-22-38)29-43(28-39)54-61-48(41-30-50(44-11-3-7-23-55-44)59-51(31-41)45-12-4-8-24-56-45)34-49(62-54)42-32-52(46-13-5-9-25-57-46)60-53(33-42)47-14-6-10-26-58-47/h3-34,44,55H,1-2H3. The van der Waals surface area contributed by atoms with Crippen molar-refractivity contribution in [1.82, 2.24) is 40.2 Å². The van der Waals surface area contributed by atoms with Gasteiger partial charge < -0.3 is 5.32 Å². The molecule has 0 saturated heterocycles. The fourth-order valence-electron chi connectivity index (χ4n) is 7.56. The second kappa shape index (κ2) is 16.8. The first kappa shape index (κ1) is 38.0. The topological polar surface area (TPSA) is 102 Å². The second-order valence-electron chi connectivity index (χ2n) is 15.3. The largest absolute Gasteiger partial charge is 0.379 e. The van der Waals surface area contributed by atoms with Crippen molar-refractivity contribution in [2.24, 2.45) is 0 Å². The highest BCUT2D eigenvalue weighted by atomic mass is 14.9. The maximum absolute atomic E-state index is 5.43. The van der Waals surface area contributed by atoms with Gasteiger partial charge in [-0.3, -0.25) is 15.0 Å². The number of rotatable bonds is 9. The zero-order valence-electron chi connectivity index (χ0n) is 34.2. The normalized spacial score (nSPS) is 13.2. The van der Waals surface area contributed by atoms with Gasteiger partial charge in [-0.25, -0.2) is 19.9 Å². The molecule has 0 amide bonds. The summed E-state index contributed by atoms with van der Waals surface area (Å²) in [5, 5.41) is 3.46. The Kier molecular flexibility index (Phi) is 10.3. The number of pyridine rings is 5. The minimum absolute atomic E-state index is 0.145. The maximum Gasteiger partial charge on any atom is 0.160 e. The second-order valence-corrected chi connectivity index (χ2v) is 15.3. The van der Waals surface area contributed by atoms with Gasteiger partial charge in [0.2, 0.25) is 0 Å². The molecule has 0 spiro atoms. The zero-order chi connectivity index (χ0) is 41.8. The summed E-state index contributed by atoms with van der Waals surface area (Å²) in [6, 6.07) is 51.7. The van der Waals surface area contributed by atoms with Crippen molar-refractivity contribution in [3.05, 3.63) is 211 Å². The first-order valence-electron chi connectivity index (χ1n) is 20.6. The quantitative estimate of drug-likeness (QED) is 0.154. The molecule has 8 heteroatoms. The third kappa shape index (κ3) is 8.17. The van der Waals surface area contributed by atoms with Crippen LogP contribution in [0.15, 0.2) is 195 Å². The monoisotopic (exact) mass is 800 g/mol. The van der Waals surface area contributed by atoms with Crippen LogP contribution in [0.3, 0.4) is 0 Å². The molecule has 6 aromatic heterocycles. The molecule has 0 aliphatic carbocycles. The Labute approximate surface area is 360 Å². The Hall–Kier alpha value is -8.23. The van der Waals surface area contributed by atoms with Crippen LogP contribution in [0, 0.1) is 13.8 Å². The number of aromatic nitrogens is 7. The van der Waals surface area contributed by atoms with Crippen LogP contribution in [0.4, 0.5) is 0 Å². The van der Waals surface area contributed by atoms with E-state index in [0.717, 1.165) is 78.8 Å². The smallest absolute Gasteiger partial charge is 0.160 e. The first-order chi connectivity index (χ1) is 30.5. The van der Waals surface area contributed by atoms with Crippen LogP contribution in [-0.2, 0) is 0 Å². The van der Waals surface area contributed by atoms with Crippen LogP contribution < -0.4 is 5.32 Å². The van der Waals surface area contributed by atoms with Gasteiger partial charge in [-0.15, -0.1) is 0 Å². The molecule has 0 saturated carbocycles. The summed E-state index contributed by atoms with van der Waals surface area (Å²) in [6.45, 7) is 4.22. The van der Waals surface area contributed by atoms with E-state index in [-0.39, 0.29) is 6.04 Å². The minimum atomic E-state index is -0.145. The van der Waals surface area contributed by atoms with E-state index >= 15 is 0 Å². The predicted molar refractivity (Wildman–Crippen MR) is 248 cm³/mol. The van der Waals surface area contributed by atoms with Crippen LogP contribution in [0.25, 0.3) is 90.3 Å². The summed E-state index contributed by atoms with van der Waals surface area (Å²) in [4.78, 5) is 35.1. The van der Waals surface area contributed by atoms with Gasteiger partial charge in [0, 0.05) is 35.3 Å². The Bertz CT molecular complexity index is 2970. The van der Waals surface area contributed by atoms with Crippen LogP contribution in [0.5, 0.6) is 0 Å². The molecule has 296 valence electrons. The number of hydrogen-bond acceptors (Lipinski definition) is 8. The van der Waals surface area contributed by atoms with Crippen molar-refractivity contribution in [2.45, 2.75) is 19.9 Å². The fourth-order valence-corrected chi connectivity index (χ4v) is 7.56. The summed E-state index contributed by atoms with van der Waals surface area (Å²) in [5.74, 6) is 0.576. The molecule has 3 aromatic carbocycles. The number of aryl methyl sites for hydroxylation is 2. The molecule has 8 nitrogen and oxygen atoms in total. The zero-order valence-corrected chi connectivity index (χ0v) is 34.2. The Morgan fingerprint density at radius 1 is 0.371 bits per heavy atom. The minimum Gasteiger partial charge on any atom is -0.379 e. The Morgan fingerprint density at radius 2 is 0.855 bits per heavy atom. The SMILES string of the molecule is Cc1ccc(-c2cc(-c3ccc(C)cc3)cc(-c3nc(-c4cc(-c5ccccn5)nc(-c5ccccn5)c4)cc(-c4cc(-c5ccccn5)nc(C5C=CC=CN5)c4)n3)c2)cc1. The molecule has 1 aliphatic rings. The van der Waals surface area contributed by atoms with Crippen molar-refractivity contribution < 1.29 is 0 Å². The Morgan fingerprint density at radius 3 is 1.32 bits per heavy atom. The number of nitrogens with one attached hydrogen (secondary N) is 1. The van der Waals surface area contributed by atoms with Crippen LogP contribution >= 0.6 is 0 Å². The fraction of sp³-hybridized carbons (Fsp3) is 0.0556. The van der Waals surface area contributed by atoms with E-state index in [0.29, 0.717) is 17.2 Å². The first-order valence-corrected chi connectivity index (χ1v) is 20.6. The molecule has 10 rings (SSSR count). The van der Waals surface area contributed by atoms with E-state index in [2.05, 4.69) is 120 Å². The van der Waals surface area contributed by atoms with E-state index in [1.165, 1.54) is 11.1 Å². The molecule has 1 atom stereocenters. The molecule has 0 fully saturated rings. The Balaban J connectivity index is 1.23. The summed E-state index contributed by atoms with van der Waals surface area (Å²) in [5.41, 5.74) is 16.1. The molecular weight excluding hydrogens is 761 g/mol. The van der Waals surface area contributed by atoms with Crippen molar-refractivity contribution in [3.63, 3.8) is 0 Å². The molecule has 9 aromatic rings. The molecule has 7 heterocycles. The third-order valence-electron chi connectivity index (χ3n) is 10.8. The molecule has 0 bridgehead atoms. The third-order valence-corrected chi connectivity index (χ3v) is 10.8. The molecular formula is C54H40N8. The number of nitrogens with zero attached hydrogens (tertiary/aromatic N) is 7. The van der Waals surface area contributed by atoms with E-state index < -0.39 is 0 Å². The van der Waals surface area contributed by atoms with E-state index in [1.807, 2.05) is 85.1 Å². The summed E-state index contributed by atoms with van der Waals surface area (Å²) in [6.07, 6.45) is 13.4. The van der Waals surface area contributed by atoms with Crippen molar-refractivity contribution in [3.8, 4) is 90.3 Å². The van der Waals surface area contributed by atoms with Crippen molar-refractivity contribution in [1.29, 1.82) is 0 Å². The summed E-state index contributed by atoms with van der Waals surface area (Å²) >= 11 is 0. The lowest BCUT2D eigenvalue weighted by molar-refractivity contribution is 0.722. The van der Waals surface area contributed by atoms with Gasteiger partial charge >= 0.3 is 0 Å². The highest BCUT2D eigenvalue weighted by Gasteiger charge is 2.20. The van der Waals surface area contributed by atoms with Crippen molar-refractivity contribution in [2.75, 3.05) is 0 Å². The molecule has 0 radical (unpaired) electrons. The van der Waals surface area contributed by atoms with E-state index in [9.17, 15) is 0 Å². The van der Waals surface area contributed by atoms with Gasteiger partial charge in [0.1, 0.15) is 0 Å². The lowest BCUT2D eigenvalue weighted by Crippen LogP contribution is -2.16. The van der Waals surface area contributed by atoms with Crippen LogP contribution in [0.2, 0.25) is 0 Å². The number of allylic oxidation sites excluding steroid dienone is 2. The van der Waals surface area contributed by atoms with Gasteiger partial charge in [0.15, 0.2) is 5.82 Å². The highest BCUT2D eigenvalue weighted by molar-refractivity contribution is 5.82. The lowest BCUT2D eigenvalue weighted by atomic mass is 9.94. The van der Waals surface area contributed by atoms with E-state index in [4.69, 9.17) is 24.9 Å². The van der Waals surface area contributed by atoms with Crippen LogP contribution in [0.1, 0.15) is 22.9 Å². The number of benzene rings is 3. The lowest BCUT2D eigenvalue weighted by Gasteiger charge is -2.18. The van der Waals surface area contributed by atoms with Gasteiger partial charge in [0.05, 0.1) is 57.3 Å². The maximum atomic E-state index is 5.43.